The van der Waals surface area contributed by atoms with Gasteiger partial charge >= 0.3 is 6.18 Å². The molecule has 3 nitrogen and oxygen atoms in total. The van der Waals surface area contributed by atoms with Crippen LogP contribution < -0.4 is 0 Å². The van der Waals surface area contributed by atoms with Crippen LogP contribution >= 0.6 is 11.8 Å². The minimum absolute atomic E-state index is 0.704. The van der Waals surface area contributed by atoms with Crippen molar-refractivity contribution in [2.75, 3.05) is 0 Å². The number of rotatable bonds is 3. The molecule has 1 aromatic carbocycles. The molecule has 0 radical (unpaired) electrons. The molecule has 2 aromatic rings. The topological polar surface area (TPSA) is 30.7 Å². The molecule has 0 atom stereocenters. The number of nitrogens with zero attached hydrogens (tertiary/aromatic N) is 3. The van der Waals surface area contributed by atoms with Crippen molar-refractivity contribution in [3.8, 4) is 0 Å². The van der Waals surface area contributed by atoms with Gasteiger partial charge < -0.3 is 0 Å². The zero-order valence-electron chi connectivity index (χ0n) is 9.00. The number of aromatic nitrogens is 3. The van der Waals surface area contributed by atoms with Gasteiger partial charge in [-0.1, -0.05) is 30.0 Å². The van der Waals surface area contributed by atoms with E-state index in [1.54, 1.807) is 30.3 Å². The highest BCUT2D eigenvalue weighted by Crippen LogP contribution is 2.32. The van der Waals surface area contributed by atoms with Crippen LogP contribution in [0.5, 0.6) is 0 Å². The Morgan fingerprint density at radius 2 is 1.94 bits per heavy atom. The fourth-order valence-corrected chi connectivity index (χ4v) is 2.01. The predicted octanol–water partition coefficient (Wildman–Crippen LogP) is 3.43. The number of halogens is 3. The van der Waals surface area contributed by atoms with Gasteiger partial charge in [-0.2, -0.15) is 18.3 Å². The van der Waals surface area contributed by atoms with E-state index in [1.165, 1.54) is 0 Å². The summed E-state index contributed by atoms with van der Waals surface area (Å²) in [7, 11) is 0. The maximum absolute atomic E-state index is 12.8. The van der Waals surface area contributed by atoms with Crippen LogP contribution in [0.4, 0.5) is 13.2 Å². The number of hydrogen-bond acceptors (Lipinski definition) is 3. The lowest BCUT2D eigenvalue weighted by molar-refractivity contribution is -0.0742. The van der Waals surface area contributed by atoms with Crippen molar-refractivity contribution >= 4 is 17.5 Å². The third-order valence-corrected chi connectivity index (χ3v) is 2.89. The van der Waals surface area contributed by atoms with Gasteiger partial charge in [-0.3, -0.25) is 0 Å². The minimum atomic E-state index is -4.48. The number of alkyl halides is 3. The second kappa shape index (κ2) is 5.26. The molecule has 18 heavy (non-hydrogen) atoms. The standard InChI is InChI=1S/C11H8F3N3S/c12-11(13,14)10(17-8-15-7-16-17)6-18-9-4-2-1-3-5-9/h1-8H/b10-6-. The Morgan fingerprint density at radius 1 is 1.22 bits per heavy atom. The van der Waals surface area contributed by atoms with Crippen LogP contribution in [0.15, 0.2) is 53.3 Å². The van der Waals surface area contributed by atoms with Crippen molar-refractivity contribution in [3.63, 3.8) is 0 Å². The molecule has 0 N–H and O–H groups in total. The van der Waals surface area contributed by atoms with Gasteiger partial charge in [0.15, 0.2) is 5.70 Å². The van der Waals surface area contributed by atoms with Gasteiger partial charge in [0.2, 0.25) is 0 Å². The molecule has 0 aliphatic heterocycles. The van der Waals surface area contributed by atoms with Crippen LogP contribution in [0.3, 0.4) is 0 Å². The van der Waals surface area contributed by atoms with E-state index < -0.39 is 11.9 Å². The van der Waals surface area contributed by atoms with Gasteiger partial charge in [0.25, 0.3) is 0 Å². The molecule has 0 saturated carbocycles. The zero-order chi connectivity index (χ0) is 13.0. The summed E-state index contributed by atoms with van der Waals surface area (Å²) in [6.45, 7) is 0. The van der Waals surface area contributed by atoms with Crippen molar-refractivity contribution in [3.05, 3.63) is 48.4 Å². The summed E-state index contributed by atoms with van der Waals surface area (Å²) in [4.78, 5) is 4.23. The predicted molar refractivity (Wildman–Crippen MR) is 62.6 cm³/mol. The highest BCUT2D eigenvalue weighted by atomic mass is 32.2. The fourth-order valence-electron chi connectivity index (χ4n) is 1.21. The van der Waals surface area contributed by atoms with Crippen LogP contribution in [0.25, 0.3) is 5.70 Å². The zero-order valence-corrected chi connectivity index (χ0v) is 9.82. The number of allylic oxidation sites excluding steroid dienone is 1. The Bertz CT molecular complexity index is 520. The molecule has 0 aliphatic rings. The Hall–Kier alpha value is -1.76. The molecular weight excluding hydrogens is 263 g/mol. The smallest absolute Gasteiger partial charge is 0.223 e. The number of thioether (sulfide) groups is 1. The van der Waals surface area contributed by atoms with Crippen molar-refractivity contribution in [1.29, 1.82) is 0 Å². The normalized spacial score (nSPS) is 12.7. The lowest BCUT2D eigenvalue weighted by Crippen LogP contribution is -2.16. The van der Waals surface area contributed by atoms with Gasteiger partial charge in [-0.25, -0.2) is 9.67 Å². The van der Waals surface area contributed by atoms with Gasteiger partial charge in [0.1, 0.15) is 12.7 Å². The molecule has 0 fully saturated rings. The average Bonchev–Trinajstić information content (AvgIpc) is 2.82. The summed E-state index contributed by atoms with van der Waals surface area (Å²) >= 11 is 0.983. The van der Waals surface area contributed by atoms with Crippen LogP contribution in [0.2, 0.25) is 0 Å². The maximum Gasteiger partial charge on any atom is 0.433 e. The number of hydrogen-bond donors (Lipinski definition) is 0. The minimum Gasteiger partial charge on any atom is -0.223 e. The van der Waals surface area contributed by atoms with Crippen LogP contribution in [-0.2, 0) is 0 Å². The molecule has 2 rings (SSSR count). The highest BCUT2D eigenvalue weighted by molar-refractivity contribution is 8.02. The van der Waals surface area contributed by atoms with E-state index in [0.717, 1.165) is 34.7 Å². The van der Waals surface area contributed by atoms with Crippen molar-refractivity contribution in [2.24, 2.45) is 0 Å². The van der Waals surface area contributed by atoms with E-state index in [2.05, 4.69) is 10.1 Å². The first-order valence-corrected chi connectivity index (χ1v) is 5.79. The first-order valence-electron chi connectivity index (χ1n) is 4.91. The molecule has 0 saturated heterocycles. The van der Waals surface area contributed by atoms with Crippen LogP contribution in [0, 0.1) is 0 Å². The largest absolute Gasteiger partial charge is 0.433 e. The van der Waals surface area contributed by atoms with E-state index in [-0.39, 0.29) is 0 Å². The van der Waals surface area contributed by atoms with E-state index in [1.807, 2.05) is 0 Å². The van der Waals surface area contributed by atoms with Gasteiger partial charge in [-0.15, -0.1) is 0 Å². The summed E-state index contributed by atoms with van der Waals surface area (Å²) in [5.74, 6) is 0. The Morgan fingerprint density at radius 3 is 2.50 bits per heavy atom. The van der Waals surface area contributed by atoms with E-state index in [4.69, 9.17) is 0 Å². The summed E-state index contributed by atoms with van der Waals surface area (Å²) in [6.07, 6.45) is -2.40. The Balaban J connectivity index is 2.25. The first kappa shape index (κ1) is 12.7. The maximum atomic E-state index is 12.8. The summed E-state index contributed by atoms with van der Waals surface area (Å²) in [5, 5.41) is 4.52. The second-order valence-electron chi connectivity index (χ2n) is 3.27. The van der Waals surface area contributed by atoms with Gasteiger partial charge in [0.05, 0.1) is 0 Å². The summed E-state index contributed by atoms with van der Waals surface area (Å²) in [6, 6.07) is 8.79. The molecule has 1 heterocycles. The molecule has 0 spiro atoms. The van der Waals surface area contributed by atoms with Gasteiger partial charge in [-0.05, 0) is 12.1 Å². The van der Waals surface area contributed by atoms with E-state index in [0.29, 0.717) is 4.68 Å². The average molecular weight is 271 g/mol. The SMILES string of the molecule is FC(F)(F)/C(=C/Sc1ccccc1)n1cncn1. The fraction of sp³-hybridized carbons (Fsp3) is 0.0909. The molecule has 0 bridgehead atoms. The Labute approximate surface area is 105 Å². The monoisotopic (exact) mass is 271 g/mol. The third kappa shape index (κ3) is 3.13. The first-order chi connectivity index (χ1) is 8.57. The molecule has 7 heteroatoms. The molecule has 1 aromatic heterocycles. The second-order valence-corrected chi connectivity index (χ2v) is 4.21. The van der Waals surface area contributed by atoms with Crippen molar-refractivity contribution in [2.45, 2.75) is 11.1 Å². The third-order valence-electron chi connectivity index (χ3n) is 2.01. The van der Waals surface area contributed by atoms with E-state index >= 15 is 0 Å². The van der Waals surface area contributed by atoms with Crippen molar-refractivity contribution in [1.82, 2.24) is 14.8 Å². The van der Waals surface area contributed by atoms with Crippen LogP contribution in [-0.4, -0.2) is 20.9 Å². The Kier molecular flexibility index (Phi) is 3.71. The lowest BCUT2D eigenvalue weighted by atomic mass is 10.4. The van der Waals surface area contributed by atoms with Crippen LogP contribution in [0.1, 0.15) is 0 Å². The molecule has 0 unspecified atom stereocenters. The molecule has 0 amide bonds. The quantitative estimate of drug-likeness (QED) is 0.801. The molecule has 94 valence electrons. The van der Waals surface area contributed by atoms with Gasteiger partial charge in [0, 0.05) is 10.3 Å². The molecular formula is C11H8F3N3S. The molecule has 0 aliphatic carbocycles. The number of benzene rings is 1. The van der Waals surface area contributed by atoms with Crippen molar-refractivity contribution < 1.29 is 13.2 Å². The van der Waals surface area contributed by atoms with E-state index in [9.17, 15) is 13.2 Å². The summed E-state index contributed by atoms with van der Waals surface area (Å²) < 4.78 is 39.2. The summed E-state index contributed by atoms with van der Waals surface area (Å²) in [5.41, 5.74) is -0.867. The lowest BCUT2D eigenvalue weighted by Gasteiger charge is -2.10. The highest BCUT2D eigenvalue weighted by Gasteiger charge is 2.35.